The number of pyridine rings is 1. The molecule has 1 fully saturated rings. The Hall–Kier alpha value is -2.33. The lowest BCUT2D eigenvalue weighted by molar-refractivity contribution is 0.0337. The van der Waals surface area contributed by atoms with Gasteiger partial charge in [-0.15, -0.1) is 11.3 Å². The van der Waals surface area contributed by atoms with Gasteiger partial charge in [-0.1, -0.05) is 22.0 Å². The molecule has 1 aliphatic rings. The molecule has 0 unspecified atom stereocenters. The lowest BCUT2D eigenvalue weighted by atomic mass is 10.2. The van der Waals surface area contributed by atoms with Gasteiger partial charge >= 0.3 is 0 Å². The van der Waals surface area contributed by atoms with Gasteiger partial charge in [0.2, 0.25) is 5.88 Å². The van der Waals surface area contributed by atoms with Gasteiger partial charge < -0.3 is 9.47 Å². The first-order valence-electron chi connectivity index (χ1n) is 9.11. The molecule has 0 bridgehead atoms. The van der Waals surface area contributed by atoms with Crippen molar-refractivity contribution in [3.63, 3.8) is 0 Å². The summed E-state index contributed by atoms with van der Waals surface area (Å²) in [6.07, 6.45) is 1.49. The zero-order valence-electron chi connectivity index (χ0n) is 15.5. The van der Waals surface area contributed by atoms with Crippen molar-refractivity contribution in [1.82, 2.24) is 14.9 Å². The number of hydrogen-bond acceptors (Lipinski definition) is 7. The molecular weight excluding hydrogens is 456 g/mol. The maximum absolute atomic E-state index is 12.5. The molecule has 1 aromatic carbocycles. The highest BCUT2D eigenvalue weighted by Gasteiger charge is 2.14. The third kappa shape index (κ3) is 5.60. The second-order valence-electron chi connectivity index (χ2n) is 6.43. The van der Waals surface area contributed by atoms with Crippen molar-refractivity contribution in [3.05, 3.63) is 63.7 Å². The monoisotopic (exact) mass is 474 g/mol. The van der Waals surface area contributed by atoms with Crippen LogP contribution in [0.2, 0.25) is 0 Å². The van der Waals surface area contributed by atoms with Crippen LogP contribution in [0.3, 0.4) is 0 Å². The molecule has 4 rings (SSSR count). The molecule has 3 heterocycles. The van der Waals surface area contributed by atoms with E-state index in [1.54, 1.807) is 12.1 Å². The number of thiazole rings is 1. The summed E-state index contributed by atoms with van der Waals surface area (Å²) in [7, 11) is 0. The molecule has 7 nitrogen and oxygen atoms in total. The molecular formula is C20H19BrN4O3S. The summed E-state index contributed by atoms with van der Waals surface area (Å²) >= 11 is 4.82. The number of aromatic nitrogens is 2. The quantitative estimate of drug-likeness (QED) is 0.577. The van der Waals surface area contributed by atoms with E-state index in [9.17, 15) is 4.79 Å². The van der Waals surface area contributed by atoms with Gasteiger partial charge in [0.25, 0.3) is 5.91 Å². The Bertz CT molecular complexity index is 974. The van der Waals surface area contributed by atoms with Gasteiger partial charge in [-0.3, -0.25) is 15.0 Å². The van der Waals surface area contributed by atoms with Gasteiger partial charge in [0.1, 0.15) is 5.75 Å². The fourth-order valence-corrected chi connectivity index (χ4v) is 3.90. The lowest BCUT2D eigenvalue weighted by Crippen LogP contribution is -2.35. The molecule has 2 aromatic heterocycles. The van der Waals surface area contributed by atoms with Crippen LogP contribution in [0.15, 0.2) is 52.4 Å². The fourth-order valence-electron chi connectivity index (χ4n) is 2.82. The molecule has 1 N–H and O–H groups in total. The fraction of sp³-hybridized carbons (Fsp3) is 0.250. The summed E-state index contributed by atoms with van der Waals surface area (Å²) < 4.78 is 12.0. The number of ether oxygens (including phenoxy) is 2. The third-order valence-corrected chi connectivity index (χ3v) is 5.58. The second kappa shape index (κ2) is 9.45. The van der Waals surface area contributed by atoms with E-state index in [-0.39, 0.29) is 5.91 Å². The average Bonchev–Trinajstić information content (AvgIpc) is 3.16. The lowest BCUT2D eigenvalue weighted by Gasteiger charge is -2.25. The number of carbonyl (C=O) groups excluding carboxylic acids is 1. The van der Waals surface area contributed by atoms with Crippen LogP contribution in [-0.2, 0) is 11.3 Å². The Balaban J connectivity index is 1.33. The van der Waals surface area contributed by atoms with Gasteiger partial charge in [-0.25, -0.2) is 9.97 Å². The molecule has 1 amide bonds. The van der Waals surface area contributed by atoms with E-state index < -0.39 is 0 Å². The van der Waals surface area contributed by atoms with E-state index in [1.807, 2.05) is 29.6 Å². The van der Waals surface area contributed by atoms with Crippen LogP contribution in [0.25, 0.3) is 0 Å². The van der Waals surface area contributed by atoms with Crippen molar-refractivity contribution in [3.8, 4) is 11.6 Å². The van der Waals surface area contributed by atoms with Crippen molar-refractivity contribution < 1.29 is 14.3 Å². The summed E-state index contributed by atoms with van der Waals surface area (Å²) in [6.45, 7) is 4.07. The Morgan fingerprint density at radius 2 is 2.14 bits per heavy atom. The van der Waals surface area contributed by atoms with Gasteiger partial charge in [-0.2, -0.15) is 0 Å². The SMILES string of the molecule is O=C(Nc1nc(CN2CCOCC2)cs1)c1ccc(Oc2cccc(Br)c2)nc1. The standard InChI is InChI=1S/C20H19BrN4O3S/c21-15-2-1-3-17(10-15)28-18-5-4-14(11-22-18)19(26)24-20-23-16(13-29-20)12-25-6-8-27-9-7-25/h1-5,10-11,13H,6-9,12H2,(H,23,24,26). The number of morpholine rings is 1. The number of carbonyl (C=O) groups is 1. The second-order valence-corrected chi connectivity index (χ2v) is 8.20. The molecule has 0 atom stereocenters. The van der Waals surface area contributed by atoms with Crippen molar-refractivity contribution in [1.29, 1.82) is 0 Å². The maximum Gasteiger partial charge on any atom is 0.259 e. The molecule has 0 aliphatic carbocycles. The van der Waals surface area contributed by atoms with E-state index in [2.05, 4.69) is 36.1 Å². The predicted molar refractivity (Wildman–Crippen MR) is 115 cm³/mol. The first-order chi connectivity index (χ1) is 14.2. The van der Waals surface area contributed by atoms with Crippen LogP contribution >= 0.6 is 27.3 Å². The Kier molecular flexibility index (Phi) is 6.50. The number of nitrogens with one attached hydrogen (secondary N) is 1. The van der Waals surface area contributed by atoms with E-state index >= 15 is 0 Å². The van der Waals surface area contributed by atoms with Crippen molar-refractivity contribution in [2.45, 2.75) is 6.54 Å². The number of rotatable bonds is 6. The maximum atomic E-state index is 12.5. The van der Waals surface area contributed by atoms with E-state index in [1.165, 1.54) is 17.5 Å². The van der Waals surface area contributed by atoms with E-state index in [0.717, 1.165) is 43.0 Å². The molecule has 150 valence electrons. The molecule has 3 aromatic rings. The minimum atomic E-state index is -0.251. The number of halogens is 1. The zero-order chi connectivity index (χ0) is 20.1. The van der Waals surface area contributed by atoms with Crippen LogP contribution in [0, 0.1) is 0 Å². The van der Waals surface area contributed by atoms with Gasteiger partial charge in [-0.05, 0) is 24.3 Å². The molecule has 1 saturated heterocycles. The van der Waals surface area contributed by atoms with Crippen LogP contribution in [-0.4, -0.2) is 47.1 Å². The number of anilines is 1. The predicted octanol–water partition coefficient (Wildman–Crippen LogP) is 4.18. The third-order valence-electron chi connectivity index (χ3n) is 4.28. The van der Waals surface area contributed by atoms with Crippen molar-refractivity contribution in [2.75, 3.05) is 31.6 Å². The van der Waals surface area contributed by atoms with E-state index in [4.69, 9.17) is 9.47 Å². The number of hydrogen-bond donors (Lipinski definition) is 1. The molecule has 1 aliphatic heterocycles. The summed E-state index contributed by atoms with van der Waals surface area (Å²) in [5.41, 5.74) is 1.39. The first-order valence-corrected chi connectivity index (χ1v) is 10.8. The minimum absolute atomic E-state index is 0.251. The summed E-state index contributed by atoms with van der Waals surface area (Å²) in [6, 6.07) is 10.8. The van der Waals surface area contributed by atoms with Crippen molar-refractivity contribution in [2.24, 2.45) is 0 Å². The number of nitrogens with zero attached hydrogens (tertiary/aromatic N) is 3. The van der Waals surface area contributed by atoms with Crippen LogP contribution in [0.4, 0.5) is 5.13 Å². The highest BCUT2D eigenvalue weighted by atomic mass is 79.9. The molecule has 0 spiro atoms. The van der Waals surface area contributed by atoms with E-state index in [0.29, 0.717) is 22.3 Å². The summed E-state index contributed by atoms with van der Waals surface area (Å²) in [5, 5.41) is 5.38. The normalized spacial score (nSPS) is 14.5. The zero-order valence-corrected chi connectivity index (χ0v) is 17.9. The number of benzene rings is 1. The summed E-state index contributed by atoms with van der Waals surface area (Å²) in [4.78, 5) is 23.5. The summed E-state index contributed by atoms with van der Waals surface area (Å²) in [5.74, 6) is 0.833. The van der Waals surface area contributed by atoms with Crippen LogP contribution in [0.1, 0.15) is 16.1 Å². The molecule has 29 heavy (non-hydrogen) atoms. The first kappa shape index (κ1) is 20.0. The van der Waals surface area contributed by atoms with Crippen LogP contribution < -0.4 is 10.1 Å². The Morgan fingerprint density at radius 1 is 1.28 bits per heavy atom. The smallest absolute Gasteiger partial charge is 0.259 e. The van der Waals surface area contributed by atoms with Crippen molar-refractivity contribution >= 4 is 38.3 Å². The molecule has 0 saturated carbocycles. The highest BCUT2D eigenvalue weighted by molar-refractivity contribution is 9.10. The molecule has 0 radical (unpaired) electrons. The minimum Gasteiger partial charge on any atom is -0.439 e. The number of amides is 1. The highest BCUT2D eigenvalue weighted by Crippen LogP contribution is 2.23. The molecule has 9 heteroatoms. The van der Waals surface area contributed by atoms with Gasteiger partial charge in [0.15, 0.2) is 5.13 Å². The van der Waals surface area contributed by atoms with Crippen LogP contribution in [0.5, 0.6) is 11.6 Å². The van der Waals surface area contributed by atoms with Gasteiger partial charge in [0, 0.05) is 41.8 Å². The van der Waals surface area contributed by atoms with Gasteiger partial charge in [0.05, 0.1) is 24.5 Å². The Morgan fingerprint density at radius 3 is 2.90 bits per heavy atom. The average molecular weight is 475 g/mol. The Labute approximate surface area is 180 Å². The topological polar surface area (TPSA) is 76.6 Å². The largest absolute Gasteiger partial charge is 0.439 e.